The third-order valence-electron chi connectivity index (χ3n) is 3.42. The molecule has 1 aromatic carbocycles. The van der Waals surface area contributed by atoms with Crippen molar-refractivity contribution in [2.24, 2.45) is 0 Å². The van der Waals surface area contributed by atoms with Crippen molar-refractivity contribution in [2.75, 3.05) is 38.6 Å². The van der Waals surface area contributed by atoms with Crippen LogP contribution < -0.4 is 10.5 Å². The number of morpholine rings is 1. The van der Waals surface area contributed by atoms with Gasteiger partial charge in [-0.3, -0.25) is 4.90 Å². The normalized spacial score (nSPS) is 20.9. The molecule has 0 aromatic heterocycles. The van der Waals surface area contributed by atoms with Crippen LogP contribution in [0.5, 0.6) is 5.75 Å². The van der Waals surface area contributed by atoms with Gasteiger partial charge in [-0.05, 0) is 25.6 Å². The average molecular weight is 250 g/mol. The van der Waals surface area contributed by atoms with E-state index in [4.69, 9.17) is 15.2 Å². The number of rotatable bonds is 4. The van der Waals surface area contributed by atoms with E-state index in [1.165, 1.54) is 0 Å². The van der Waals surface area contributed by atoms with Crippen LogP contribution in [0.25, 0.3) is 0 Å². The van der Waals surface area contributed by atoms with Crippen LogP contribution in [0.2, 0.25) is 0 Å². The highest BCUT2D eigenvalue weighted by molar-refractivity contribution is 5.53. The molecular formula is C14H22N2O2. The van der Waals surface area contributed by atoms with Crippen LogP contribution in [0.15, 0.2) is 18.2 Å². The van der Waals surface area contributed by atoms with Crippen LogP contribution >= 0.6 is 0 Å². The molecular weight excluding hydrogens is 228 g/mol. The summed E-state index contributed by atoms with van der Waals surface area (Å²) in [6.45, 7) is 8.55. The molecule has 1 aromatic rings. The quantitative estimate of drug-likeness (QED) is 0.826. The van der Waals surface area contributed by atoms with Gasteiger partial charge in [0.1, 0.15) is 18.5 Å². The second-order valence-electron chi connectivity index (χ2n) is 4.67. The Kier molecular flexibility index (Phi) is 4.44. The maximum atomic E-state index is 5.85. The Morgan fingerprint density at radius 1 is 1.50 bits per heavy atom. The molecule has 1 aliphatic heterocycles. The molecule has 1 atom stereocenters. The molecule has 1 heterocycles. The number of nitrogens with zero attached hydrogens (tertiary/aromatic N) is 1. The minimum Gasteiger partial charge on any atom is -0.490 e. The van der Waals surface area contributed by atoms with Gasteiger partial charge in [0, 0.05) is 24.3 Å². The molecule has 1 aliphatic rings. The number of anilines is 1. The monoisotopic (exact) mass is 250 g/mol. The van der Waals surface area contributed by atoms with Crippen molar-refractivity contribution in [3.8, 4) is 5.75 Å². The summed E-state index contributed by atoms with van der Waals surface area (Å²) in [5.74, 6) is 0.854. The molecule has 0 amide bonds. The Morgan fingerprint density at radius 2 is 2.33 bits per heavy atom. The molecule has 2 rings (SSSR count). The third kappa shape index (κ3) is 3.15. The maximum absolute atomic E-state index is 5.85. The van der Waals surface area contributed by atoms with Crippen LogP contribution in [0.1, 0.15) is 12.5 Å². The zero-order valence-corrected chi connectivity index (χ0v) is 11.2. The van der Waals surface area contributed by atoms with Crippen LogP contribution in [0, 0.1) is 6.92 Å². The van der Waals surface area contributed by atoms with Gasteiger partial charge in [0.05, 0.1) is 6.61 Å². The Hall–Kier alpha value is -1.26. The van der Waals surface area contributed by atoms with Gasteiger partial charge in [-0.2, -0.15) is 0 Å². The first-order valence-corrected chi connectivity index (χ1v) is 6.52. The molecule has 1 saturated heterocycles. The maximum Gasteiger partial charge on any atom is 0.124 e. The molecule has 0 bridgehead atoms. The summed E-state index contributed by atoms with van der Waals surface area (Å²) in [5, 5.41) is 0. The lowest BCUT2D eigenvalue weighted by Crippen LogP contribution is -2.44. The van der Waals surface area contributed by atoms with Crippen LogP contribution in [-0.2, 0) is 4.74 Å². The second-order valence-corrected chi connectivity index (χ2v) is 4.67. The highest BCUT2D eigenvalue weighted by Crippen LogP contribution is 2.23. The van der Waals surface area contributed by atoms with E-state index < -0.39 is 0 Å². The molecule has 0 saturated carbocycles. The van der Waals surface area contributed by atoms with E-state index in [1.54, 1.807) is 0 Å². The second kappa shape index (κ2) is 6.07. The Labute approximate surface area is 109 Å². The molecule has 0 spiro atoms. The summed E-state index contributed by atoms with van der Waals surface area (Å²) in [5.41, 5.74) is 7.62. The van der Waals surface area contributed by atoms with Gasteiger partial charge in [0.15, 0.2) is 0 Å². The van der Waals surface area contributed by atoms with Crippen LogP contribution in [0.4, 0.5) is 5.69 Å². The van der Waals surface area contributed by atoms with Crippen molar-refractivity contribution in [3.05, 3.63) is 23.8 Å². The van der Waals surface area contributed by atoms with Gasteiger partial charge >= 0.3 is 0 Å². The summed E-state index contributed by atoms with van der Waals surface area (Å²) < 4.78 is 11.5. The predicted molar refractivity (Wildman–Crippen MR) is 72.9 cm³/mol. The van der Waals surface area contributed by atoms with Crippen LogP contribution in [-0.4, -0.2) is 43.9 Å². The van der Waals surface area contributed by atoms with Crippen LogP contribution in [0.3, 0.4) is 0 Å². The van der Waals surface area contributed by atoms with Crippen molar-refractivity contribution in [1.82, 2.24) is 4.90 Å². The number of nitrogens with two attached hydrogens (primary N) is 1. The Balaban J connectivity index is 1.89. The van der Waals surface area contributed by atoms with Crippen molar-refractivity contribution >= 4 is 5.69 Å². The highest BCUT2D eigenvalue weighted by Gasteiger charge is 2.20. The first-order chi connectivity index (χ1) is 8.70. The molecule has 4 nitrogen and oxygen atoms in total. The molecule has 2 N–H and O–H groups in total. The topological polar surface area (TPSA) is 47.7 Å². The molecule has 18 heavy (non-hydrogen) atoms. The standard InChI is InChI=1S/C14H22N2O2/c1-3-16-7-8-17-12(9-16)10-18-14-6-4-5-13(15)11(14)2/h4-6,12H,3,7-10,15H2,1-2H3. The van der Waals surface area contributed by atoms with Crippen molar-refractivity contribution in [1.29, 1.82) is 0 Å². The lowest BCUT2D eigenvalue weighted by atomic mass is 10.2. The van der Waals surface area contributed by atoms with E-state index in [2.05, 4.69) is 11.8 Å². The SMILES string of the molecule is CCN1CCOC(COc2cccc(N)c2C)C1. The Bertz CT molecular complexity index is 395. The molecule has 0 radical (unpaired) electrons. The smallest absolute Gasteiger partial charge is 0.124 e. The highest BCUT2D eigenvalue weighted by atomic mass is 16.5. The first kappa shape index (κ1) is 13.2. The van der Waals surface area contributed by atoms with Gasteiger partial charge in [0.25, 0.3) is 0 Å². The summed E-state index contributed by atoms with van der Waals surface area (Å²) >= 11 is 0. The zero-order chi connectivity index (χ0) is 13.0. The average Bonchev–Trinajstić information content (AvgIpc) is 2.41. The Morgan fingerprint density at radius 3 is 3.11 bits per heavy atom. The lowest BCUT2D eigenvalue weighted by molar-refractivity contribution is -0.0464. The number of ether oxygens (including phenoxy) is 2. The minimum atomic E-state index is 0.152. The van der Waals surface area contributed by atoms with Gasteiger partial charge < -0.3 is 15.2 Å². The summed E-state index contributed by atoms with van der Waals surface area (Å²) in [7, 11) is 0. The van der Waals surface area contributed by atoms with E-state index in [0.717, 1.165) is 43.2 Å². The predicted octanol–water partition coefficient (Wildman–Crippen LogP) is 1.68. The van der Waals surface area contributed by atoms with Crippen molar-refractivity contribution in [3.63, 3.8) is 0 Å². The zero-order valence-electron chi connectivity index (χ0n) is 11.2. The van der Waals surface area contributed by atoms with E-state index in [1.807, 2.05) is 25.1 Å². The van der Waals surface area contributed by atoms with Gasteiger partial charge in [-0.25, -0.2) is 0 Å². The van der Waals surface area contributed by atoms with E-state index in [-0.39, 0.29) is 6.10 Å². The van der Waals surface area contributed by atoms with Gasteiger partial charge in [-0.1, -0.05) is 13.0 Å². The molecule has 0 aliphatic carbocycles. The number of likely N-dealkylation sites (N-methyl/N-ethyl adjacent to an activating group) is 1. The van der Waals surface area contributed by atoms with E-state index >= 15 is 0 Å². The molecule has 4 heteroatoms. The first-order valence-electron chi connectivity index (χ1n) is 6.52. The number of hydrogen-bond donors (Lipinski definition) is 1. The molecule has 100 valence electrons. The van der Waals surface area contributed by atoms with Gasteiger partial charge in [0.2, 0.25) is 0 Å². The molecule has 1 fully saturated rings. The number of nitrogen functional groups attached to an aromatic ring is 1. The number of benzene rings is 1. The summed E-state index contributed by atoms with van der Waals surface area (Å²) in [4.78, 5) is 2.38. The molecule has 1 unspecified atom stereocenters. The van der Waals surface area contributed by atoms with Crippen molar-refractivity contribution in [2.45, 2.75) is 20.0 Å². The number of hydrogen-bond acceptors (Lipinski definition) is 4. The largest absolute Gasteiger partial charge is 0.490 e. The minimum absolute atomic E-state index is 0.152. The van der Waals surface area contributed by atoms with E-state index in [9.17, 15) is 0 Å². The third-order valence-corrected chi connectivity index (χ3v) is 3.42. The fraction of sp³-hybridized carbons (Fsp3) is 0.571. The fourth-order valence-corrected chi connectivity index (χ4v) is 2.14. The lowest BCUT2D eigenvalue weighted by Gasteiger charge is -2.32. The van der Waals surface area contributed by atoms with E-state index in [0.29, 0.717) is 6.61 Å². The fourth-order valence-electron chi connectivity index (χ4n) is 2.14. The van der Waals surface area contributed by atoms with Gasteiger partial charge in [-0.15, -0.1) is 0 Å². The summed E-state index contributed by atoms with van der Waals surface area (Å²) in [6, 6.07) is 5.75. The van der Waals surface area contributed by atoms with Crippen molar-refractivity contribution < 1.29 is 9.47 Å². The summed E-state index contributed by atoms with van der Waals surface area (Å²) in [6.07, 6.45) is 0.152.